The zero-order valence-electron chi connectivity index (χ0n) is 13.4. The molecule has 0 aliphatic carbocycles. The third-order valence-electron chi connectivity index (χ3n) is 3.75. The van der Waals surface area contributed by atoms with Gasteiger partial charge in [-0.2, -0.15) is 0 Å². The highest BCUT2D eigenvalue weighted by atomic mass is 16.5. The molecular weight excluding hydrogens is 306 g/mol. The quantitative estimate of drug-likeness (QED) is 0.832. The molecule has 1 aliphatic rings. The third kappa shape index (κ3) is 4.74. The molecule has 0 bridgehead atoms. The molecule has 0 radical (unpaired) electrons. The molecule has 2 N–H and O–H groups in total. The van der Waals surface area contributed by atoms with E-state index in [1.165, 1.54) is 6.20 Å². The second-order valence-electron chi connectivity index (χ2n) is 5.49. The second-order valence-corrected chi connectivity index (χ2v) is 5.49. The van der Waals surface area contributed by atoms with Crippen molar-refractivity contribution < 1.29 is 9.53 Å². The van der Waals surface area contributed by atoms with Crippen molar-refractivity contribution >= 4 is 17.4 Å². The summed E-state index contributed by atoms with van der Waals surface area (Å²) in [6, 6.07) is 9.70. The fraction of sp³-hybridized carbons (Fsp3) is 0.353. The number of para-hydroxylation sites is 1. The molecule has 2 aromatic rings. The van der Waals surface area contributed by atoms with E-state index < -0.39 is 0 Å². The first kappa shape index (κ1) is 16.4. The Balaban J connectivity index is 1.46. The van der Waals surface area contributed by atoms with Gasteiger partial charge in [0.2, 0.25) is 0 Å². The maximum absolute atomic E-state index is 12.1. The van der Waals surface area contributed by atoms with Gasteiger partial charge in [0.05, 0.1) is 25.6 Å². The molecule has 126 valence electrons. The zero-order chi connectivity index (χ0) is 16.6. The van der Waals surface area contributed by atoms with E-state index in [9.17, 15) is 4.79 Å². The number of morpholine rings is 1. The van der Waals surface area contributed by atoms with Crippen molar-refractivity contribution in [2.75, 3.05) is 44.7 Å². The van der Waals surface area contributed by atoms with Gasteiger partial charge in [-0.15, -0.1) is 0 Å². The first-order valence-electron chi connectivity index (χ1n) is 8.04. The van der Waals surface area contributed by atoms with Crippen molar-refractivity contribution in [2.24, 2.45) is 0 Å². The van der Waals surface area contributed by atoms with Crippen LogP contribution in [0.4, 0.5) is 11.5 Å². The predicted molar refractivity (Wildman–Crippen MR) is 91.3 cm³/mol. The molecule has 7 nitrogen and oxygen atoms in total. The van der Waals surface area contributed by atoms with Crippen LogP contribution in [-0.2, 0) is 4.74 Å². The Hall–Kier alpha value is -2.51. The number of aromatic nitrogens is 2. The summed E-state index contributed by atoms with van der Waals surface area (Å²) in [5.41, 5.74) is 1.24. The van der Waals surface area contributed by atoms with E-state index in [0.29, 0.717) is 18.1 Å². The van der Waals surface area contributed by atoms with Gasteiger partial charge >= 0.3 is 0 Å². The molecule has 0 saturated carbocycles. The van der Waals surface area contributed by atoms with Gasteiger partial charge in [0.25, 0.3) is 5.91 Å². The molecule has 0 spiro atoms. The number of benzene rings is 1. The highest BCUT2D eigenvalue weighted by molar-refractivity contribution is 5.92. The van der Waals surface area contributed by atoms with E-state index in [-0.39, 0.29) is 5.91 Å². The van der Waals surface area contributed by atoms with Gasteiger partial charge in [-0.25, -0.2) is 9.97 Å². The topological polar surface area (TPSA) is 79.4 Å². The number of amides is 1. The van der Waals surface area contributed by atoms with E-state index in [1.807, 2.05) is 30.3 Å². The monoisotopic (exact) mass is 327 g/mol. The lowest BCUT2D eigenvalue weighted by Gasteiger charge is -2.26. The molecule has 1 fully saturated rings. The van der Waals surface area contributed by atoms with Crippen molar-refractivity contribution in [3.8, 4) is 0 Å². The smallest absolute Gasteiger partial charge is 0.271 e. The van der Waals surface area contributed by atoms with Crippen LogP contribution in [0.25, 0.3) is 0 Å². The number of hydrogen-bond donors (Lipinski definition) is 2. The Kier molecular flexibility index (Phi) is 5.70. The molecule has 1 aromatic carbocycles. The number of anilines is 2. The third-order valence-corrected chi connectivity index (χ3v) is 3.75. The van der Waals surface area contributed by atoms with Crippen LogP contribution in [0.1, 0.15) is 10.5 Å². The van der Waals surface area contributed by atoms with Gasteiger partial charge in [-0.1, -0.05) is 18.2 Å². The normalized spacial score (nSPS) is 15.0. The standard InChI is InChI=1S/C17H21N5O2/c23-17(18-6-7-22-8-10-24-11-9-22)15-12-20-16(13-19-15)21-14-4-2-1-3-5-14/h1-5,12-13H,6-11H2,(H,18,23)(H,20,21). The average molecular weight is 327 g/mol. The summed E-state index contributed by atoms with van der Waals surface area (Å²) in [6.07, 6.45) is 3.04. The molecule has 0 atom stereocenters. The Bertz CT molecular complexity index is 642. The fourth-order valence-electron chi connectivity index (χ4n) is 2.42. The number of nitrogens with zero attached hydrogens (tertiary/aromatic N) is 3. The Morgan fingerprint density at radius 2 is 1.92 bits per heavy atom. The van der Waals surface area contributed by atoms with E-state index >= 15 is 0 Å². The van der Waals surface area contributed by atoms with Crippen LogP contribution in [0, 0.1) is 0 Å². The predicted octanol–water partition coefficient (Wildman–Crippen LogP) is 1.28. The summed E-state index contributed by atoms with van der Waals surface area (Å²) >= 11 is 0. The van der Waals surface area contributed by atoms with E-state index in [1.54, 1.807) is 6.20 Å². The van der Waals surface area contributed by atoms with Crippen molar-refractivity contribution in [2.45, 2.75) is 0 Å². The summed E-state index contributed by atoms with van der Waals surface area (Å²) in [6.45, 7) is 4.75. The molecule has 0 unspecified atom stereocenters. The number of carbonyl (C=O) groups excluding carboxylic acids is 1. The Morgan fingerprint density at radius 3 is 2.62 bits per heavy atom. The number of nitrogens with one attached hydrogen (secondary N) is 2. The number of rotatable bonds is 6. The lowest BCUT2D eigenvalue weighted by molar-refractivity contribution is 0.0383. The van der Waals surface area contributed by atoms with Gasteiger partial charge < -0.3 is 15.4 Å². The first-order chi connectivity index (χ1) is 11.8. The molecule has 7 heteroatoms. The molecule has 2 heterocycles. The van der Waals surface area contributed by atoms with Gasteiger partial charge in [-0.3, -0.25) is 9.69 Å². The summed E-state index contributed by atoms with van der Waals surface area (Å²) in [7, 11) is 0. The molecule has 1 aromatic heterocycles. The Labute approximate surface area is 141 Å². The highest BCUT2D eigenvalue weighted by Gasteiger charge is 2.11. The summed E-state index contributed by atoms with van der Waals surface area (Å²) in [5.74, 6) is 0.396. The zero-order valence-corrected chi connectivity index (χ0v) is 13.4. The molecule has 1 amide bonds. The number of ether oxygens (including phenoxy) is 1. The van der Waals surface area contributed by atoms with E-state index in [4.69, 9.17) is 4.74 Å². The summed E-state index contributed by atoms with van der Waals surface area (Å²) < 4.78 is 5.30. The van der Waals surface area contributed by atoms with Crippen LogP contribution >= 0.6 is 0 Å². The van der Waals surface area contributed by atoms with E-state index in [2.05, 4.69) is 25.5 Å². The summed E-state index contributed by atoms with van der Waals surface area (Å²) in [4.78, 5) is 22.7. The van der Waals surface area contributed by atoms with Crippen molar-refractivity contribution in [3.63, 3.8) is 0 Å². The first-order valence-corrected chi connectivity index (χ1v) is 8.04. The minimum Gasteiger partial charge on any atom is -0.379 e. The lowest BCUT2D eigenvalue weighted by Crippen LogP contribution is -2.41. The van der Waals surface area contributed by atoms with Crippen molar-refractivity contribution in [1.29, 1.82) is 0 Å². The van der Waals surface area contributed by atoms with Crippen LogP contribution < -0.4 is 10.6 Å². The van der Waals surface area contributed by atoms with Crippen LogP contribution in [0.2, 0.25) is 0 Å². The molecule has 24 heavy (non-hydrogen) atoms. The van der Waals surface area contributed by atoms with Gasteiger partial charge in [0.15, 0.2) is 0 Å². The van der Waals surface area contributed by atoms with Crippen LogP contribution in [0.5, 0.6) is 0 Å². The van der Waals surface area contributed by atoms with Crippen LogP contribution in [0.3, 0.4) is 0 Å². The van der Waals surface area contributed by atoms with Crippen molar-refractivity contribution in [3.05, 3.63) is 48.4 Å². The van der Waals surface area contributed by atoms with Gasteiger partial charge in [-0.05, 0) is 12.1 Å². The SMILES string of the molecule is O=C(NCCN1CCOCC1)c1cnc(Nc2ccccc2)cn1. The minimum atomic E-state index is -0.206. The lowest BCUT2D eigenvalue weighted by atomic mass is 10.3. The minimum absolute atomic E-state index is 0.206. The number of carbonyl (C=O) groups is 1. The largest absolute Gasteiger partial charge is 0.379 e. The average Bonchev–Trinajstić information content (AvgIpc) is 2.64. The molecule has 3 rings (SSSR count). The van der Waals surface area contributed by atoms with Gasteiger partial charge in [0.1, 0.15) is 11.5 Å². The number of hydrogen-bond acceptors (Lipinski definition) is 6. The maximum atomic E-state index is 12.1. The Morgan fingerprint density at radius 1 is 1.12 bits per heavy atom. The van der Waals surface area contributed by atoms with E-state index in [0.717, 1.165) is 38.5 Å². The fourth-order valence-corrected chi connectivity index (χ4v) is 2.42. The highest BCUT2D eigenvalue weighted by Crippen LogP contribution is 2.12. The molecule has 1 saturated heterocycles. The van der Waals surface area contributed by atoms with Gasteiger partial charge in [0, 0.05) is 31.9 Å². The second kappa shape index (κ2) is 8.37. The van der Waals surface area contributed by atoms with Crippen LogP contribution in [-0.4, -0.2) is 60.2 Å². The van der Waals surface area contributed by atoms with Crippen LogP contribution in [0.15, 0.2) is 42.7 Å². The molecular formula is C17H21N5O2. The maximum Gasteiger partial charge on any atom is 0.271 e. The van der Waals surface area contributed by atoms with Crippen molar-refractivity contribution in [1.82, 2.24) is 20.2 Å². The summed E-state index contributed by atoms with van der Waals surface area (Å²) in [5, 5.41) is 6.00. The molecule has 1 aliphatic heterocycles.